The standard InChI is InChI=1S/C23H21BrN2O/c1-16-15-21(25-19-13-11-18(24)12-14-19)20-9-5-6-10-22(20)26(16)23(27)17-7-3-2-4-8-17/h2-14,16,21,25H,15H2,1H3/t16-,21-/m0/s1. The number of hydrogen-bond acceptors (Lipinski definition) is 2. The molecule has 2 atom stereocenters. The van der Waals surface area contributed by atoms with Crippen molar-refractivity contribution in [2.75, 3.05) is 10.2 Å². The van der Waals surface area contributed by atoms with Crippen molar-refractivity contribution in [2.45, 2.75) is 25.4 Å². The second-order valence-electron chi connectivity index (χ2n) is 6.89. The lowest BCUT2D eigenvalue weighted by Crippen LogP contribution is -2.44. The van der Waals surface area contributed by atoms with Gasteiger partial charge in [-0.1, -0.05) is 52.3 Å². The molecule has 0 spiro atoms. The smallest absolute Gasteiger partial charge is 0.258 e. The van der Waals surface area contributed by atoms with Crippen LogP contribution in [0.5, 0.6) is 0 Å². The zero-order valence-electron chi connectivity index (χ0n) is 15.1. The van der Waals surface area contributed by atoms with Gasteiger partial charge in [-0.3, -0.25) is 4.79 Å². The van der Waals surface area contributed by atoms with E-state index >= 15 is 0 Å². The summed E-state index contributed by atoms with van der Waals surface area (Å²) < 4.78 is 1.06. The summed E-state index contributed by atoms with van der Waals surface area (Å²) in [6.45, 7) is 2.12. The highest BCUT2D eigenvalue weighted by atomic mass is 79.9. The fraction of sp³-hybridized carbons (Fsp3) is 0.174. The van der Waals surface area contributed by atoms with Gasteiger partial charge in [0.15, 0.2) is 0 Å². The number of carbonyl (C=O) groups excluding carboxylic acids is 1. The average molecular weight is 421 g/mol. The molecule has 0 fully saturated rings. The first-order valence-electron chi connectivity index (χ1n) is 9.13. The molecule has 0 saturated heterocycles. The Morgan fingerprint density at radius 2 is 1.63 bits per heavy atom. The molecule has 3 aromatic carbocycles. The largest absolute Gasteiger partial charge is 0.378 e. The summed E-state index contributed by atoms with van der Waals surface area (Å²) in [5.41, 5.74) is 3.94. The Hall–Kier alpha value is -2.59. The summed E-state index contributed by atoms with van der Waals surface area (Å²) in [6, 6.07) is 26.2. The van der Waals surface area contributed by atoms with Crippen molar-refractivity contribution in [1.82, 2.24) is 0 Å². The molecule has 1 aliphatic heterocycles. The van der Waals surface area contributed by atoms with Crippen LogP contribution in [-0.4, -0.2) is 11.9 Å². The number of fused-ring (bicyclic) bond motifs is 1. The number of amides is 1. The van der Waals surface area contributed by atoms with Crippen LogP contribution in [0.2, 0.25) is 0 Å². The Morgan fingerprint density at radius 3 is 2.37 bits per heavy atom. The molecule has 0 aromatic heterocycles. The fourth-order valence-corrected chi connectivity index (χ4v) is 3.99. The topological polar surface area (TPSA) is 32.3 Å². The van der Waals surface area contributed by atoms with Crippen LogP contribution in [0.4, 0.5) is 11.4 Å². The summed E-state index contributed by atoms with van der Waals surface area (Å²) in [5, 5.41) is 3.64. The number of anilines is 2. The van der Waals surface area contributed by atoms with E-state index in [1.165, 1.54) is 0 Å². The SMILES string of the molecule is C[C@H]1C[C@H](Nc2ccc(Br)cc2)c2ccccc2N1C(=O)c1ccccc1. The van der Waals surface area contributed by atoms with Crippen LogP contribution in [0.15, 0.2) is 83.3 Å². The third-order valence-corrected chi connectivity index (χ3v) is 5.54. The number of carbonyl (C=O) groups is 1. The molecule has 0 bridgehead atoms. The van der Waals surface area contributed by atoms with Crippen LogP contribution >= 0.6 is 15.9 Å². The van der Waals surface area contributed by atoms with Crippen LogP contribution in [0.25, 0.3) is 0 Å². The summed E-state index contributed by atoms with van der Waals surface area (Å²) in [6.07, 6.45) is 0.853. The Labute approximate surface area is 168 Å². The summed E-state index contributed by atoms with van der Waals surface area (Å²) in [4.78, 5) is 15.1. The van der Waals surface area contributed by atoms with Crippen LogP contribution in [0.1, 0.15) is 35.3 Å². The van der Waals surface area contributed by atoms with Gasteiger partial charge >= 0.3 is 0 Å². The third kappa shape index (κ3) is 3.62. The second-order valence-corrected chi connectivity index (χ2v) is 7.80. The van der Waals surface area contributed by atoms with E-state index < -0.39 is 0 Å². The average Bonchev–Trinajstić information content (AvgIpc) is 2.70. The van der Waals surface area contributed by atoms with Crippen molar-refractivity contribution in [1.29, 1.82) is 0 Å². The predicted molar refractivity (Wildman–Crippen MR) is 114 cm³/mol. The molecule has 0 saturated carbocycles. The van der Waals surface area contributed by atoms with E-state index in [0.29, 0.717) is 0 Å². The maximum absolute atomic E-state index is 13.2. The Morgan fingerprint density at radius 1 is 0.963 bits per heavy atom. The lowest BCUT2D eigenvalue weighted by atomic mass is 9.90. The van der Waals surface area contributed by atoms with Crippen LogP contribution in [0.3, 0.4) is 0 Å². The van der Waals surface area contributed by atoms with Crippen LogP contribution in [0, 0.1) is 0 Å². The van der Waals surface area contributed by atoms with Crippen LogP contribution in [-0.2, 0) is 0 Å². The van der Waals surface area contributed by atoms with Crippen molar-refractivity contribution in [3.05, 3.63) is 94.5 Å². The van der Waals surface area contributed by atoms with Gasteiger partial charge in [-0.25, -0.2) is 0 Å². The minimum Gasteiger partial charge on any atom is -0.378 e. The molecule has 136 valence electrons. The van der Waals surface area contributed by atoms with E-state index in [1.54, 1.807) is 0 Å². The van der Waals surface area contributed by atoms with E-state index in [1.807, 2.05) is 65.6 Å². The Bertz CT molecular complexity index is 940. The Kier molecular flexibility index (Phi) is 4.99. The molecular weight excluding hydrogens is 400 g/mol. The van der Waals surface area contributed by atoms with E-state index in [4.69, 9.17) is 0 Å². The van der Waals surface area contributed by atoms with Gasteiger partial charge in [0.2, 0.25) is 0 Å². The van der Waals surface area contributed by atoms with Crippen molar-refractivity contribution in [3.8, 4) is 0 Å². The van der Waals surface area contributed by atoms with E-state index in [2.05, 4.69) is 46.4 Å². The zero-order chi connectivity index (χ0) is 18.8. The highest BCUT2D eigenvalue weighted by Gasteiger charge is 2.33. The molecule has 1 amide bonds. The highest BCUT2D eigenvalue weighted by Crippen LogP contribution is 2.39. The van der Waals surface area contributed by atoms with Crippen LogP contribution < -0.4 is 10.2 Å². The lowest BCUT2D eigenvalue weighted by Gasteiger charge is -2.40. The Balaban J connectivity index is 1.68. The van der Waals surface area contributed by atoms with Gasteiger partial charge < -0.3 is 10.2 Å². The number of nitrogens with zero attached hydrogens (tertiary/aromatic N) is 1. The number of para-hydroxylation sites is 1. The molecule has 1 N–H and O–H groups in total. The molecule has 4 heteroatoms. The molecule has 0 unspecified atom stereocenters. The summed E-state index contributed by atoms with van der Waals surface area (Å²) in [5.74, 6) is 0.0534. The van der Waals surface area contributed by atoms with Gasteiger partial charge in [0.25, 0.3) is 5.91 Å². The number of halogens is 1. The summed E-state index contributed by atoms with van der Waals surface area (Å²) in [7, 11) is 0. The minimum atomic E-state index is 0.0534. The normalized spacial score (nSPS) is 18.7. The number of rotatable bonds is 3. The van der Waals surface area contributed by atoms with Crippen molar-refractivity contribution in [2.24, 2.45) is 0 Å². The predicted octanol–water partition coefficient (Wildman–Crippen LogP) is 6.04. The monoisotopic (exact) mass is 420 g/mol. The highest BCUT2D eigenvalue weighted by molar-refractivity contribution is 9.10. The maximum Gasteiger partial charge on any atom is 0.258 e. The molecule has 3 nitrogen and oxygen atoms in total. The van der Waals surface area contributed by atoms with E-state index in [9.17, 15) is 4.79 Å². The maximum atomic E-state index is 13.2. The van der Waals surface area contributed by atoms with Gasteiger partial charge in [-0.15, -0.1) is 0 Å². The van der Waals surface area contributed by atoms with Gasteiger partial charge in [0.1, 0.15) is 0 Å². The molecule has 1 aliphatic rings. The second kappa shape index (κ2) is 7.57. The molecular formula is C23H21BrN2O. The molecule has 3 aromatic rings. The molecule has 27 heavy (non-hydrogen) atoms. The van der Waals surface area contributed by atoms with Crippen molar-refractivity contribution in [3.63, 3.8) is 0 Å². The van der Waals surface area contributed by atoms with E-state index in [-0.39, 0.29) is 18.0 Å². The van der Waals surface area contributed by atoms with Crippen molar-refractivity contribution >= 4 is 33.2 Å². The third-order valence-electron chi connectivity index (χ3n) is 5.01. The molecule has 1 heterocycles. The van der Waals surface area contributed by atoms with Gasteiger partial charge in [-0.05, 0) is 61.4 Å². The number of nitrogens with one attached hydrogen (secondary N) is 1. The zero-order valence-corrected chi connectivity index (χ0v) is 16.7. The molecule has 0 aliphatic carbocycles. The quantitative estimate of drug-likeness (QED) is 0.559. The minimum absolute atomic E-state index is 0.0534. The first-order valence-corrected chi connectivity index (χ1v) is 9.92. The first-order chi connectivity index (χ1) is 13.1. The van der Waals surface area contributed by atoms with Gasteiger partial charge in [0, 0.05) is 27.5 Å². The first kappa shape index (κ1) is 17.8. The van der Waals surface area contributed by atoms with E-state index in [0.717, 1.165) is 33.4 Å². The fourth-order valence-electron chi connectivity index (χ4n) is 3.73. The summed E-state index contributed by atoms with van der Waals surface area (Å²) >= 11 is 3.48. The molecule has 4 rings (SSSR count). The lowest BCUT2D eigenvalue weighted by molar-refractivity contribution is 0.0974. The number of benzene rings is 3. The number of hydrogen-bond donors (Lipinski definition) is 1. The van der Waals surface area contributed by atoms with Gasteiger partial charge in [-0.2, -0.15) is 0 Å². The van der Waals surface area contributed by atoms with Crippen molar-refractivity contribution < 1.29 is 4.79 Å². The van der Waals surface area contributed by atoms with Gasteiger partial charge in [0.05, 0.1) is 6.04 Å². The molecule has 0 radical (unpaired) electrons.